The van der Waals surface area contributed by atoms with Gasteiger partial charge in [0.15, 0.2) is 0 Å². The second-order valence-electron chi connectivity index (χ2n) is 5.80. The summed E-state index contributed by atoms with van der Waals surface area (Å²) in [5.41, 5.74) is 1.72. The first-order valence-electron chi connectivity index (χ1n) is 7.80. The first-order chi connectivity index (χ1) is 11.8. The molecular formula is C18H21ClN2O3S. The van der Waals surface area contributed by atoms with Crippen molar-refractivity contribution in [3.63, 3.8) is 0 Å². The molecule has 5 nitrogen and oxygen atoms in total. The summed E-state index contributed by atoms with van der Waals surface area (Å²) in [6.07, 6.45) is 1.11. The van der Waals surface area contributed by atoms with E-state index in [-0.39, 0.29) is 12.5 Å². The third kappa shape index (κ3) is 5.85. The van der Waals surface area contributed by atoms with Crippen molar-refractivity contribution in [1.29, 1.82) is 0 Å². The van der Waals surface area contributed by atoms with Gasteiger partial charge < -0.3 is 5.32 Å². The van der Waals surface area contributed by atoms with Crippen molar-refractivity contribution in [2.24, 2.45) is 0 Å². The zero-order chi connectivity index (χ0) is 18.4. The Balaban J connectivity index is 2.04. The van der Waals surface area contributed by atoms with E-state index in [1.165, 1.54) is 4.31 Å². The second-order valence-corrected chi connectivity index (χ2v) is 8.17. The highest BCUT2D eigenvalue weighted by molar-refractivity contribution is 7.88. The first kappa shape index (κ1) is 19.4. The minimum atomic E-state index is -3.54. The van der Waals surface area contributed by atoms with Crippen molar-refractivity contribution >= 4 is 27.5 Å². The molecule has 0 aliphatic heterocycles. The van der Waals surface area contributed by atoms with E-state index in [0.29, 0.717) is 11.6 Å². The van der Waals surface area contributed by atoms with E-state index in [9.17, 15) is 13.2 Å². The number of benzene rings is 2. The monoisotopic (exact) mass is 380 g/mol. The van der Waals surface area contributed by atoms with E-state index in [1.54, 1.807) is 19.1 Å². The van der Waals surface area contributed by atoms with Gasteiger partial charge in [-0.05, 0) is 30.2 Å². The Morgan fingerprint density at radius 3 is 2.28 bits per heavy atom. The van der Waals surface area contributed by atoms with Crippen molar-refractivity contribution in [1.82, 2.24) is 9.62 Å². The molecule has 2 aromatic rings. The fourth-order valence-electron chi connectivity index (χ4n) is 2.44. The third-order valence-corrected chi connectivity index (χ3v) is 5.39. The van der Waals surface area contributed by atoms with Gasteiger partial charge >= 0.3 is 0 Å². The molecular weight excluding hydrogens is 360 g/mol. The molecule has 1 N–H and O–H groups in total. The Bertz CT molecular complexity index is 808. The van der Waals surface area contributed by atoms with Crippen LogP contribution < -0.4 is 5.32 Å². The van der Waals surface area contributed by atoms with E-state index in [0.717, 1.165) is 17.4 Å². The van der Waals surface area contributed by atoms with Gasteiger partial charge in [0.25, 0.3) is 0 Å². The largest absolute Gasteiger partial charge is 0.351 e. The predicted octanol–water partition coefficient (Wildman–Crippen LogP) is 2.98. The number of hydrogen-bond acceptors (Lipinski definition) is 3. The number of nitrogens with zero attached hydrogens (tertiary/aromatic N) is 1. The molecule has 2 aromatic carbocycles. The highest BCUT2D eigenvalue weighted by Gasteiger charge is 2.26. The molecule has 0 aliphatic rings. The van der Waals surface area contributed by atoms with Crippen LogP contribution in [0.4, 0.5) is 0 Å². The van der Waals surface area contributed by atoms with Gasteiger partial charge in [0.05, 0.1) is 12.8 Å². The van der Waals surface area contributed by atoms with Crippen LogP contribution in [0.25, 0.3) is 0 Å². The minimum Gasteiger partial charge on any atom is -0.351 e. The smallest absolute Gasteiger partial charge is 0.235 e. The number of nitrogens with one attached hydrogen (secondary N) is 1. The molecule has 0 aliphatic carbocycles. The van der Waals surface area contributed by atoms with Gasteiger partial charge in [-0.2, -0.15) is 4.31 Å². The molecule has 0 heterocycles. The lowest BCUT2D eigenvalue weighted by molar-refractivity contribution is -0.121. The van der Waals surface area contributed by atoms with Crippen LogP contribution in [0.3, 0.4) is 0 Å². The van der Waals surface area contributed by atoms with Crippen molar-refractivity contribution in [2.75, 3.05) is 12.8 Å². The Morgan fingerprint density at radius 1 is 1.12 bits per heavy atom. The SMILES string of the molecule is CC(c1ccccc1)N(CC(=O)NCc1ccc(Cl)cc1)S(C)(=O)=O. The van der Waals surface area contributed by atoms with Crippen molar-refractivity contribution in [2.45, 2.75) is 19.5 Å². The summed E-state index contributed by atoms with van der Waals surface area (Å²) in [6, 6.07) is 15.9. The number of hydrogen-bond donors (Lipinski definition) is 1. The Kier molecular flexibility index (Phi) is 6.58. The van der Waals surface area contributed by atoms with Gasteiger partial charge in [0.2, 0.25) is 15.9 Å². The maximum absolute atomic E-state index is 12.2. The van der Waals surface area contributed by atoms with E-state index in [1.807, 2.05) is 42.5 Å². The lowest BCUT2D eigenvalue weighted by Crippen LogP contribution is -2.41. The van der Waals surface area contributed by atoms with E-state index >= 15 is 0 Å². The van der Waals surface area contributed by atoms with Crippen LogP contribution in [0.1, 0.15) is 24.1 Å². The van der Waals surface area contributed by atoms with Crippen LogP contribution in [0.2, 0.25) is 5.02 Å². The van der Waals surface area contributed by atoms with Gasteiger partial charge in [-0.1, -0.05) is 54.1 Å². The molecule has 0 saturated carbocycles. The molecule has 1 amide bonds. The molecule has 2 rings (SSSR count). The summed E-state index contributed by atoms with van der Waals surface area (Å²) >= 11 is 5.83. The number of halogens is 1. The predicted molar refractivity (Wildman–Crippen MR) is 99.7 cm³/mol. The maximum Gasteiger partial charge on any atom is 0.235 e. The Hall–Kier alpha value is -1.89. The van der Waals surface area contributed by atoms with Crippen LogP contribution >= 0.6 is 11.6 Å². The van der Waals surface area contributed by atoms with Crippen LogP contribution in [-0.2, 0) is 21.4 Å². The van der Waals surface area contributed by atoms with Crippen LogP contribution in [0, 0.1) is 0 Å². The van der Waals surface area contributed by atoms with Crippen LogP contribution in [-0.4, -0.2) is 31.4 Å². The number of amides is 1. The number of carbonyl (C=O) groups is 1. The zero-order valence-electron chi connectivity index (χ0n) is 14.1. The summed E-state index contributed by atoms with van der Waals surface area (Å²) in [4.78, 5) is 12.2. The third-order valence-electron chi connectivity index (χ3n) is 3.84. The fourth-order valence-corrected chi connectivity index (χ4v) is 3.61. The molecule has 7 heteroatoms. The van der Waals surface area contributed by atoms with Crippen molar-refractivity contribution < 1.29 is 13.2 Å². The molecule has 0 fully saturated rings. The average molecular weight is 381 g/mol. The van der Waals surface area contributed by atoms with Crippen LogP contribution in [0.5, 0.6) is 0 Å². The van der Waals surface area contributed by atoms with Gasteiger partial charge in [0.1, 0.15) is 0 Å². The summed E-state index contributed by atoms with van der Waals surface area (Å²) in [6.45, 7) is 1.85. The lowest BCUT2D eigenvalue weighted by Gasteiger charge is -2.26. The highest BCUT2D eigenvalue weighted by atomic mass is 35.5. The lowest BCUT2D eigenvalue weighted by atomic mass is 10.1. The summed E-state index contributed by atoms with van der Waals surface area (Å²) in [7, 11) is -3.54. The second kappa shape index (κ2) is 8.47. The van der Waals surface area contributed by atoms with E-state index in [2.05, 4.69) is 5.32 Å². The summed E-state index contributed by atoms with van der Waals surface area (Å²) in [5, 5.41) is 3.36. The quantitative estimate of drug-likeness (QED) is 0.803. The molecule has 0 bridgehead atoms. The van der Waals surface area contributed by atoms with Crippen molar-refractivity contribution in [3.8, 4) is 0 Å². The Morgan fingerprint density at radius 2 is 1.72 bits per heavy atom. The van der Waals surface area contributed by atoms with Crippen LogP contribution in [0.15, 0.2) is 54.6 Å². The summed E-state index contributed by atoms with van der Waals surface area (Å²) in [5.74, 6) is -0.358. The standard InChI is InChI=1S/C18H21ClN2O3S/c1-14(16-6-4-3-5-7-16)21(25(2,23)24)13-18(22)20-12-15-8-10-17(19)11-9-15/h3-11,14H,12-13H2,1-2H3,(H,20,22). The summed E-state index contributed by atoms with van der Waals surface area (Å²) < 4.78 is 25.4. The first-order valence-corrected chi connectivity index (χ1v) is 10.0. The number of rotatable bonds is 7. The number of sulfonamides is 1. The molecule has 1 unspecified atom stereocenters. The van der Waals surface area contributed by atoms with Gasteiger partial charge in [-0.3, -0.25) is 4.79 Å². The molecule has 1 atom stereocenters. The average Bonchev–Trinajstić information content (AvgIpc) is 2.58. The molecule has 0 spiro atoms. The Labute approximate surface area is 153 Å². The van der Waals surface area contributed by atoms with Gasteiger partial charge in [-0.15, -0.1) is 0 Å². The van der Waals surface area contributed by atoms with Crippen molar-refractivity contribution in [3.05, 3.63) is 70.7 Å². The maximum atomic E-state index is 12.2. The molecule has 0 saturated heterocycles. The van der Waals surface area contributed by atoms with E-state index in [4.69, 9.17) is 11.6 Å². The molecule has 25 heavy (non-hydrogen) atoms. The molecule has 0 aromatic heterocycles. The number of carbonyl (C=O) groups excluding carboxylic acids is 1. The zero-order valence-corrected chi connectivity index (χ0v) is 15.7. The van der Waals surface area contributed by atoms with Gasteiger partial charge in [0, 0.05) is 17.6 Å². The van der Waals surface area contributed by atoms with Gasteiger partial charge in [-0.25, -0.2) is 8.42 Å². The minimum absolute atomic E-state index is 0.234. The topological polar surface area (TPSA) is 66.5 Å². The highest BCUT2D eigenvalue weighted by Crippen LogP contribution is 2.22. The van der Waals surface area contributed by atoms with E-state index < -0.39 is 16.1 Å². The normalized spacial score (nSPS) is 12.8. The molecule has 134 valence electrons. The fraction of sp³-hybridized carbons (Fsp3) is 0.278. The molecule has 0 radical (unpaired) electrons.